The maximum atomic E-state index is 15.1. The lowest BCUT2D eigenvalue weighted by atomic mass is 9.98. The number of amides is 5. The number of piperidine rings is 2. The van der Waals surface area contributed by atoms with Gasteiger partial charge in [-0.15, -0.1) is 0 Å². The molecule has 51 heavy (non-hydrogen) atoms. The lowest BCUT2D eigenvalue weighted by Gasteiger charge is -2.34. The summed E-state index contributed by atoms with van der Waals surface area (Å²) in [6.45, 7) is 3.27. The lowest BCUT2D eigenvalue weighted by Crippen LogP contribution is -2.47. The normalized spacial score (nSPS) is 18.5. The van der Waals surface area contributed by atoms with Gasteiger partial charge >= 0.3 is 11.4 Å². The summed E-state index contributed by atoms with van der Waals surface area (Å²) in [5.74, 6) is -1.48. The first-order chi connectivity index (χ1) is 24.7. The van der Waals surface area contributed by atoms with Gasteiger partial charge in [0, 0.05) is 81.0 Å². The van der Waals surface area contributed by atoms with Crippen molar-refractivity contribution in [2.75, 3.05) is 32.7 Å². The van der Waals surface area contributed by atoms with Gasteiger partial charge in [-0.3, -0.25) is 24.1 Å². The minimum absolute atomic E-state index is 0.0189. The van der Waals surface area contributed by atoms with Crippen LogP contribution in [0, 0.1) is 17.7 Å². The summed E-state index contributed by atoms with van der Waals surface area (Å²) in [7, 11) is 0. The summed E-state index contributed by atoms with van der Waals surface area (Å²) < 4.78 is 18.8. The molecule has 1 N–H and O–H groups in total. The van der Waals surface area contributed by atoms with Crippen LogP contribution in [-0.2, 0) is 32.3 Å². The molecule has 0 atom stereocenters. The molecule has 0 saturated carbocycles. The van der Waals surface area contributed by atoms with Gasteiger partial charge in [-0.1, -0.05) is 6.07 Å². The average molecular weight is 716 g/mol. The van der Waals surface area contributed by atoms with Crippen molar-refractivity contribution in [3.8, 4) is 0 Å². The summed E-state index contributed by atoms with van der Waals surface area (Å²) in [6.07, 6.45) is 9.79. The van der Waals surface area contributed by atoms with Crippen LogP contribution < -0.4 is 5.32 Å². The van der Waals surface area contributed by atoms with Crippen molar-refractivity contribution in [3.05, 3.63) is 71.6 Å². The van der Waals surface area contributed by atoms with E-state index in [4.69, 9.17) is 11.6 Å². The third-order valence-corrected chi connectivity index (χ3v) is 10.4. The van der Waals surface area contributed by atoms with E-state index in [9.17, 15) is 28.8 Å². The van der Waals surface area contributed by atoms with E-state index in [0.717, 1.165) is 30.9 Å². The minimum atomic E-state index is -0.552. The molecule has 5 amide bonds. The number of hydrogen-bond acceptors (Lipinski definition) is 7. The largest absolute Gasteiger partial charge is 0.345 e. The van der Waals surface area contributed by atoms with Crippen molar-refractivity contribution in [1.29, 1.82) is 0 Å². The van der Waals surface area contributed by atoms with Crippen LogP contribution in [-0.4, -0.2) is 97.2 Å². The molecule has 2 fully saturated rings. The summed E-state index contributed by atoms with van der Waals surface area (Å²) >= 11 is 5.25. The molecule has 3 aromatic heterocycles. The number of rotatable bonds is 4. The van der Waals surface area contributed by atoms with Crippen LogP contribution in [0.1, 0.15) is 42.5 Å². The molecule has 4 aliphatic rings. The number of carbonyl (C=O) groups is 6. The number of halogens is 2. The van der Waals surface area contributed by atoms with Gasteiger partial charge in [0.05, 0.1) is 28.6 Å². The van der Waals surface area contributed by atoms with Gasteiger partial charge in [-0.25, -0.2) is 14.2 Å². The number of imide groups is 1. The number of nitrogens with zero attached hydrogens (tertiary/aromatic N) is 6. The van der Waals surface area contributed by atoms with E-state index < -0.39 is 23.0 Å². The number of urea groups is 1. The highest BCUT2D eigenvalue weighted by atomic mass is 35.5. The van der Waals surface area contributed by atoms with Gasteiger partial charge < -0.3 is 28.9 Å². The standard InChI is InChI=1S/C29H25FN6O4.C7H10ClNO2/c30-19-11-18-14-35(29(40)33-7-4-17(16-37)5-8-33)10-9-34-15-21(20(12-19)26(18)34)24-25(28(39)32-27(24)38)22-13-31-23-3-1-2-6-36(22)23;8-7(11)9-3-1-6(5-10)2-4-9/h1-3,6,11-13,15-17H,4-5,7-10,14H2,(H,32,38,39);5-6H,1-4H2. The molecular formula is C36H35ClFN7O6. The fourth-order valence-corrected chi connectivity index (χ4v) is 7.54. The van der Waals surface area contributed by atoms with E-state index in [2.05, 4.69) is 10.3 Å². The fourth-order valence-electron chi connectivity index (χ4n) is 7.37. The molecule has 7 heterocycles. The quantitative estimate of drug-likeness (QED) is 0.145. The first-order valence-electron chi connectivity index (χ1n) is 16.9. The number of carbonyl (C=O) groups excluding carboxylic acids is 6. The van der Waals surface area contributed by atoms with Gasteiger partial charge in [0.2, 0.25) is 0 Å². The highest BCUT2D eigenvalue weighted by Crippen LogP contribution is 2.38. The number of nitrogens with one attached hydrogen (secondary N) is 1. The van der Waals surface area contributed by atoms with E-state index in [1.807, 2.05) is 16.7 Å². The van der Waals surface area contributed by atoms with Crippen LogP contribution in [0.2, 0.25) is 0 Å². The van der Waals surface area contributed by atoms with Crippen molar-refractivity contribution in [2.24, 2.45) is 11.8 Å². The molecule has 8 rings (SSSR count). The number of benzene rings is 1. The van der Waals surface area contributed by atoms with Crippen molar-refractivity contribution in [2.45, 2.75) is 38.8 Å². The Morgan fingerprint density at radius 2 is 1.53 bits per heavy atom. The van der Waals surface area contributed by atoms with Gasteiger partial charge in [-0.05, 0) is 67.1 Å². The zero-order chi connectivity index (χ0) is 35.8. The number of likely N-dealkylation sites (tertiary alicyclic amines) is 2. The topological polar surface area (TPSA) is 146 Å². The zero-order valence-electron chi connectivity index (χ0n) is 27.6. The number of aromatic nitrogens is 3. The molecule has 0 spiro atoms. The summed E-state index contributed by atoms with van der Waals surface area (Å²) in [4.78, 5) is 81.0. The molecule has 0 aliphatic carbocycles. The van der Waals surface area contributed by atoms with Gasteiger partial charge in [0.1, 0.15) is 24.0 Å². The lowest BCUT2D eigenvalue weighted by molar-refractivity contribution is -0.123. The predicted molar refractivity (Wildman–Crippen MR) is 185 cm³/mol. The molecule has 2 saturated heterocycles. The Labute approximate surface area is 296 Å². The maximum absolute atomic E-state index is 15.1. The molecule has 15 heteroatoms. The minimum Gasteiger partial charge on any atom is -0.345 e. The summed E-state index contributed by atoms with van der Waals surface area (Å²) in [5.41, 5.74) is 3.25. The van der Waals surface area contributed by atoms with Crippen LogP contribution in [0.4, 0.5) is 14.0 Å². The maximum Gasteiger partial charge on any atom is 0.320 e. The fraction of sp³-hybridized carbons (Fsp3) is 0.361. The SMILES string of the molecule is O=CC1CCN(C(=O)Cl)CC1.O=CC1CCN(C(=O)N2CCn3cc(C4=C(c5cnc6ccccn56)C(=O)NC4=O)c4cc(F)cc(c43)C2)CC1. The first-order valence-corrected chi connectivity index (χ1v) is 17.3. The second-order valence-electron chi connectivity index (χ2n) is 13.2. The second kappa shape index (κ2) is 14.1. The highest BCUT2D eigenvalue weighted by molar-refractivity contribution is 6.62. The third-order valence-electron chi connectivity index (χ3n) is 10.1. The van der Waals surface area contributed by atoms with Crippen LogP contribution >= 0.6 is 11.6 Å². The Balaban J connectivity index is 0.000000318. The smallest absolute Gasteiger partial charge is 0.320 e. The van der Waals surface area contributed by atoms with Crippen LogP contribution in [0.25, 0.3) is 27.7 Å². The Kier molecular flexibility index (Phi) is 9.42. The van der Waals surface area contributed by atoms with Crippen molar-refractivity contribution >= 4 is 75.1 Å². The Morgan fingerprint density at radius 1 is 0.863 bits per heavy atom. The van der Waals surface area contributed by atoms with Crippen LogP contribution in [0.5, 0.6) is 0 Å². The van der Waals surface area contributed by atoms with Crippen LogP contribution in [0.15, 0.2) is 48.9 Å². The van der Waals surface area contributed by atoms with E-state index >= 15 is 4.39 Å². The number of aldehydes is 2. The molecule has 4 aliphatic heterocycles. The monoisotopic (exact) mass is 715 g/mol. The Bertz CT molecular complexity index is 2110. The van der Waals surface area contributed by atoms with Crippen molar-refractivity contribution in [3.63, 3.8) is 0 Å². The summed E-state index contributed by atoms with van der Waals surface area (Å²) in [6, 6.07) is 8.11. The van der Waals surface area contributed by atoms with E-state index in [0.29, 0.717) is 80.0 Å². The molecule has 0 unspecified atom stereocenters. The van der Waals surface area contributed by atoms with E-state index in [1.165, 1.54) is 12.1 Å². The number of pyridine rings is 1. The van der Waals surface area contributed by atoms with Gasteiger partial charge in [0.15, 0.2) is 0 Å². The third kappa shape index (κ3) is 6.51. The molecule has 0 radical (unpaired) electrons. The Morgan fingerprint density at radius 3 is 2.20 bits per heavy atom. The van der Waals surface area contributed by atoms with Crippen molar-refractivity contribution in [1.82, 2.24) is 34.0 Å². The summed E-state index contributed by atoms with van der Waals surface area (Å²) in [5, 5.41) is 2.50. The van der Waals surface area contributed by atoms with E-state index in [-0.39, 0.29) is 35.6 Å². The Hall–Kier alpha value is -5.37. The molecular weight excluding hydrogens is 681 g/mol. The molecule has 13 nitrogen and oxygen atoms in total. The number of fused-ring (bicyclic) bond motifs is 1. The van der Waals surface area contributed by atoms with Crippen LogP contribution in [0.3, 0.4) is 0 Å². The second-order valence-corrected chi connectivity index (χ2v) is 13.5. The van der Waals surface area contributed by atoms with Crippen molar-refractivity contribution < 1.29 is 33.2 Å². The first kappa shape index (κ1) is 34.1. The number of hydrogen-bond donors (Lipinski definition) is 1. The van der Waals surface area contributed by atoms with E-state index in [1.54, 1.807) is 43.8 Å². The average Bonchev–Trinajstić information content (AvgIpc) is 3.77. The molecule has 264 valence electrons. The van der Waals surface area contributed by atoms with Gasteiger partial charge in [0.25, 0.3) is 11.8 Å². The number of imidazole rings is 1. The highest BCUT2D eigenvalue weighted by Gasteiger charge is 2.37. The molecule has 0 bridgehead atoms. The molecule has 4 aromatic rings. The zero-order valence-corrected chi connectivity index (χ0v) is 28.4. The predicted octanol–water partition coefficient (Wildman–Crippen LogP) is 4.10. The van der Waals surface area contributed by atoms with Gasteiger partial charge in [-0.2, -0.15) is 0 Å². The molecule has 1 aromatic carbocycles.